The number of nitrogens with zero attached hydrogens (tertiary/aromatic N) is 1. The second-order valence-corrected chi connectivity index (χ2v) is 8.11. The topological polar surface area (TPSA) is 38.8 Å². The third-order valence-corrected chi connectivity index (χ3v) is 6.06. The fourth-order valence-corrected chi connectivity index (χ4v) is 4.21. The molecule has 29 heavy (non-hydrogen) atoms. The molecule has 0 radical (unpaired) electrons. The van der Waals surface area contributed by atoms with Gasteiger partial charge in [0.15, 0.2) is 11.5 Å². The summed E-state index contributed by atoms with van der Waals surface area (Å²) in [4.78, 5) is 15.1. The van der Waals surface area contributed by atoms with Crippen molar-refractivity contribution >= 4 is 27.4 Å². The summed E-state index contributed by atoms with van der Waals surface area (Å²) in [6, 6.07) is 10.3. The molecule has 2 aliphatic rings. The monoisotopic (exact) mass is 459 g/mol. The number of carbonyl (C=O) groups excluding carboxylic acids is 1. The molecule has 2 aromatic rings. The van der Waals surface area contributed by atoms with E-state index in [0.29, 0.717) is 23.7 Å². The van der Waals surface area contributed by atoms with Crippen LogP contribution in [0.25, 0.3) is 5.57 Å². The highest BCUT2D eigenvalue weighted by Gasteiger charge is 2.34. The normalized spacial score (nSPS) is 18.0. The molecule has 0 saturated carbocycles. The van der Waals surface area contributed by atoms with Gasteiger partial charge in [0.25, 0.3) is 5.91 Å². The van der Waals surface area contributed by atoms with E-state index in [4.69, 9.17) is 9.47 Å². The lowest BCUT2D eigenvalue weighted by Gasteiger charge is -2.21. The summed E-state index contributed by atoms with van der Waals surface area (Å²) in [7, 11) is 1.59. The van der Waals surface area contributed by atoms with E-state index >= 15 is 0 Å². The first-order chi connectivity index (χ1) is 14.1. The first-order valence-electron chi connectivity index (χ1n) is 9.79. The second kappa shape index (κ2) is 8.57. The molecule has 0 spiro atoms. The molecule has 0 unspecified atom stereocenters. The van der Waals surface area contributed by atoms with Crippen molar-refractivity contribution in [3.8, 4) is 11.5 Å². The number of rotatable bonds is 6. The van der Waals surface area contributed by atoms with Gasteiger partial charge >= 0.3 is 0 Å². The Hall–Kier alpha value is -2.34. The number of amides is 1. The van der Waals surface area contributed by atoms with E-state index in [1.54, 1.807) is 25.3 Å². The third kappa shape index (κ3) is 4.04. The van der Waals surface area contributed by atoms with Crippen LogP contribution in [0.4, 0.5) is 4.39 Å². The van der Waals surface area contributed by atoms with Crippen LogP contribution < -0.4 is 9.47 Å². The molecule has 0 N–H and O–H groups in total. The zero-order valence-corrected chi connectivity index (χ0v) is 17.9. The minimum atomic E-state index is -0.256. The fraction of sp³-hybridized carbons (Fsp3) is 0.348. The zero-order chi connectivity index (χ0) is 20.4. The maximum absolute atomic E-state index is 13.3. The van der Waals surface area contributed by atoms with Crippen molar-refractivity contribution in [3.63, 3.8) is 0 Å². The van der Waals surface area contributed by atoms with Crippen molar-refractivity contribution in [1.82, 2.24) is 4.90 Å². The molecule has 1 atom stereocenters. The van der Waals surface area contributed by atoms with Gasteiger partial charge in [-0.05, 0) is 66.6 Å². The molecule has 0 aliphatic carbocycles. The molecule has 0 aromatic heterocycles. The van der Waals surface area contributed by atoms with E-state index in [2.05, 4.69) is 15.9 Å². The van der Waals surface area contributed by atoms with Crippen molar-refractivity contribution in [3.05, 3.63) is 65.1 Å². The van der Waals surface area contributed by atoms with E-state index in [-0.39, 0.29) is 17.8 Å². The van der Waals surface area contributed by atoms with Crippen LogP contribution >= 0.6 is 15.9 Å². The first kappa shape index (κ1) is 20.0. The smallest absolute Gasteiger partial charge is 0.258 e. The molecule has 2 aliphatic heterocycles. The van der Waals surface area contributed by atoms with Gasteiger partial charge in [-0.15, -0.1) is 0 Å². The lowest BCUT2D eigenvalue weighted by Crippen LogP contribution is -2.31. The summed E-state index contributed by atoms with van der Waals surface area (Å²) in [5.74, 6) is 0.981. The molecular weight excluding hydrogens is 437 g/mol. The quantitative estimate of drug-likeness (QED) is 0.440. The first-order valence-corrected chi connectivity index (χ1v) is 10.9. The average Bonchev–Trinajstić information content (AvgIpc) is 3.11. The summed E-state index contributed by atoms with van der Waals surface area (Å²) in [6.45, 7) is 0.590. The van der Waals surface area contributed by atoms with Crippen molar-refractivity contribution in [2.75, 3.05) is 19.0 Å². The second-order valence-electron chi connectivity index (χ2n) is 7.32. The number of methoxy groups -OCH3 is 1. The largest absolute Gasteiger partial charge is 0.493 e. The van der Waals surface area contributed by atoms with E-state index in [1.807, 2.05) is 17.2 Å². The van der Waals surface area contributed by atoms with Crippen LogP contribution in [0.3, 0.4) is 0 Å². The minimum Gasteiger partial charge on any atom is -0.493 e. The van der Waals surface area contributed by atoms with E-state index < -0.39 is 0 Å². The van der Waals surface area contributed by atoms with Crippen LogP contribution in [-0.4, -0.2) is 35.9 Å². The van der Waals surface area contributed by atoms with E-state index in [9.17, 15) is 9.18 Å². The summed E-state index contributed by atoms with van der Waals surface area (Å²) < 4.78 is 24.6. The lowest BCUT2D eigenvalue weighted by atomic mass is 9.97. The van der Waals surface area contributed by atoms with Crippen molar-refractivity contribution in [1.29, 1.82) is 0 Å². The van der Waals surface area contributed by atoms with Gasteiger partial charge in [-0.1, -0.05) is 28.1 Å². The Morgan fingerprint density at radius 3 is 2.72 bits per heavy atom. The van der Waals surface area contributed by atoms with Gasteiger partial charge < -0.3 is 14.4 Å². The van der Waals surface area contributed by atoms with Crippen LogP contribution in [0.15, 0.2) is 42.6 Å². The minimum absolute atomic E-state index is 0.0232. The Labute approximate surface area is 178 Å². The van der Waals surface area contributed by atoms with Gasteiger partial charge in [-0.3, -0.25) is 4.79 Å². The molecule has 0 bridgehead atoms. The number of halogens is 2. The predicted octanol–water partition coefficient (Wildman–Crippen LogP) is 5.20. The zero-order valence-electron chi connectivity index (χ0n) is 16.3. The highest BCUT2D eigenvalue weighted by Crippen LogP contribution is 2.39. The Balaban J connectivity index is 1.63. The van der Waals surface area contributed by atoms with Crippen molar-refractivity contribution in [2.45, 2.75) is 31.7 Å². The van der Waals surface area contributed by atoms with E-state index in [0.717, 1.165) is 47.7 Å². The number of aryl methyl sites for hydroxylation is 1. The van der Waals surface area contributed by atoms with Crippen LogP contribution in [0, 0.1) is 5.82 Å². The lowest BCUT2D eigenvalue weighted by molar-refractivity contribution is 0.0788. The van der Waals surface area contributed by atoms with Gasteiger partial charge in [0, 0.05) is 23.1 Å². The molecule has 4 rings (SSSR count). The third-order valence-electron chi connectivity index (χ3n) is 5.50. The SMILES string of the molecule is COc1cc2c(cc1OCCCBr)CC[C@@H]1CC(c3ccc(F)cc3)=CN1C2=O. The highest BCUT2D eigenvalue weighted by atomic mass is 79.9. The van der Waals surface area contributed by atoms with Gasteiger partial charge in [0.1, 0.15) is 5.82 Å². The van der Waals surface area contributed by atoms with Gasteiger partial charge in [0.05, 0.1) is 13.7 Å². The van der Waals surface area contributed by atoms with Gasteiger partial charge in [-0.2, -0.15) is 0 Å². The Morgan fingerprint density at radius 2 is 2.00 bits per heavy atom. The maximum atomic E-state index is 13.3. The highest BCUT2D eigenvalue weighted by molar-refractivity contribution is 9.09. The number of hydrogen-bond donors (Lipinski definition) is 0. The summed E-state index contributed by atoms with van der Waals surface area (Å²) >= 11 is 3.40. The van der Waals surface area contributed by atoms with E-state index in [1.165, 1.54) is 12.1 Å². The molecule has 4 nitrogen and oxygen atoms in total. The van der Waals surface area contributed by atoms with Crippen LogP contribution in [0.5, 0.6) is 11.5 Å². The molecule has 2 aromatic carbocycles. The molecule has 152 valence electrons. The number of ether oxygens (including phenoxy) is 2. The number of hydrogen-bond acceptors (Lipinski definition) is 3. The molecule has 0 fully saturated rings. The number of benzene rings is 2. The molecule has 1 amide bonds. The van der Waals surface area contributed by atoms with Crippen LogP contribution in [0.1, 0.15) is 40.7 Å². The molecular formula is C23H23BrFNO3. The summed E-state index contributed by atoms with van der Waals surface area (Å²) in [5, 5.41) is 0.873. The number of carbonyl (C=O) groups is 1. The Bertz CT molecular complexity index is 942. The Morgan fingerprint density at radius 1 is 1.21 bits per heavy atom. The van der Waals surface area contributed by atoms with Gasteiger partial charge in [0.2, 0.25) is 0 Å². The fourth-order valence-electron chi connectivity index (χ4n) is 3.98. The van der Waals surface area contributed by atoms with Gasteiger partial charge in [-0.25, -0.2) is 4.39 Å². The number of alkyl halides is 1. The number of fused-ring (bicyclic) bond motifs is 2. The maximum Gasteiger partial charge on any atom is 0.258 e. The van der Waals surface area contributed by atoms with Crippen LogP contribution in [-0.2, 0) is 6.42 Å². The summed E-state index contributed by atoms with van der Waals surface area (Å²) in [5.41, 5.74) is 3.68. The van der Waals surface area contributed by atoms with Crippen molar-refractivity contribution in [2.24, 2.45) is 0 Å². The molecule has 0 saturated heterocycles. The van der Waals surface area contributed by atoms with Crippen molar-refractivity contribution < 1.29 is 18.7 Å². The predicted molar refractivity (Wildman–Crippen MR) is 114 cm³/mol. The molecule has 2 heterocycles. The Kier molecular flexibility index (Phi) is 5.90. The average molecular weight is 460 g/mol. The van der Waals surface area contributed by atoms with Crippen LogP contribution in [0.2, 0.25) is 0 Å². The molecule has 6 heteroatoms. The summed E-state index contributed by atoms with van der Waals surface area (Å²) in [6.07, 6.45) is 5.25. The standard InChI is InChI=1S/C23H23BrFNO3/c1-28-21-13-20-16(12-22(21)29-10-2-9-24)5-8-19-11-17(14-26(19)23(20)27)15-3-6-18(25)7-4-15/h3-4,6-7,12-14,19H,2,5,8-11H2,1H3/t19-/m1/s1.